The van der Waals surface area contributed by atoms with Crippen LogP contribution < -0.4 is 16.0 Å². The largest absolute Gasteiger partial charge is 0.366 e. The lowest BCUT2D eigenvalue weighted by atomic mass is 9.94. The number of nitrogens with two attached hydrogens (primary N) is 1. The lowest BCUT2D eigenvalue weighted by molar-refractivity contribution is 0.100. The number of amides is 1. The van der Waals surface area contributed by atoms with Crippen molar-refractivity contribution in [1.29, 1.82) is 0 Å². The van der Waals surface area contributed by atoms with E-state index in [0.29, 0.717) is 17.6 Å². The quantitative estimate of drug-likeness (QED) is 0.882. The van der Waals surface area contributed by atoms with Gasteiger partial charge in [-0.05, 0) is 43.2 Å². The first kappa shape index (κ1) is 16.2. The number of benzene rings is 1. The highest BCUT2D eigenvalue weighted by Crippen LogP contribution is 2.25. The molecule has 6 nitrogen and oxygen atoms in total. The van der Waals surface area contributed by atoms with E-state index in [2.05, 4.69) is 27.2 Å². The Labute approximate surface area is 142 Å². The zero-order valence-corrected chi connectivity index (χ0v) is 13.9. The third kappa shape index (κ3) is 3.82. The summed E-state index contributed by atoms with van der Waals surface area (Å²) in [6, 6.07) is 9.44. The molecule has 1 aromatic carbocycles. The number of carbonyl (C=O) groups is 1. The number of nitrogens with zero attached hydrogens (tertiary/aromatic N) is 3. The van der Waals surface area contributed by atoms with Crippen LogP contribution in [0.4, 0.5) is 17.5 Å². The Bertz CT molecular complexity index is 695. The molecule has 1 aromatic heterocycles. The van der Waals surface area contributed by atoms with Crippen LogP contribution in [0.25, 0.3) is 0 Å². The summed E-state index contributed by atoms with van der Waals surface area (Å²) in [7, 11) is 2.10. The number of rotatable bonds is 5. The Morgan fingerprint density at radius 1 is 1.17 bits per heavy atom. The Balaban J connectivity index is 1.71. The van der Waals surface area contributed by atoms with E-state index in [1.54, 1.807) is 30.5 Å². The molecule has 0 unspecified atom stereocenters. The van der Waals surface area contributed by atoms with Crippen molar-refractivity contribution in [3.8, 4) is 0 Å². The second-order valence-electron chi connectivity index (χ2n) is 6.21. The van der Waals surface area contributed by atoms with E-state index in [0.717, 1.165) is 11.5 Å². The summed E-state index contributed by atoms with van der Waals surface area (Å²) in [5.41, 5.74) is 6.55. The van der Waals surface area contributed by atoms with Gasteiger partial charge >= 0.3 is 0 Å². The van der Waals surface area contributed by atoms with Gasteiger partial charge in [0.05, 0.1) is 0 Å². The smallest absolute Gasteiger partial charge is 0.248 e. The van der Waals surface area contributed by atoms with Crippen LogP contribution in [0.3, 0.4) is 0 Å². The molecular weight excluding hydrogens is 302 g/mol. The van der Waals surface area contributed by atoms with E-state index in [4.69, 9.17) is 5.73 Å². The number of hydrogen-bond acceptors (Lipinski definition) is 5. The predicted octanol–water partition coefficient (Wildman–Crippen LogP) is 3.09. The highest BCUT2D eigenvalue weighted by Gasteiger charge is 2.19. The van der Waals surface area contributed by atoms with Gasteiger partial charge in [-0.1, -0.05) is 19.3 Å². The molecule has 0 atom stereocenters. The van der Waals surface area contributed by atoms with E-state index >= 15 is 0 Å². The molecule has 1 aliphatic rings. The van der Waals surface area contributed by atoms with Gasteiger partial charge in [0.2, 0.25) is 11.9 Å². The number of nitrogens with one attached hydrogen (secondary N) is 1. The lowest BCUT2D eigenvalue weighted by Crippen LogP contribution is -2.34. The number of anilines is 3. The van der Waals surface area contributed by atoms with Gasteiger partial charge in [0.1, 0.15) is 5.82 Å². The van der Waals surface area contributed by atoms with Crippen LogP contribution in [0.5, 0.6) is 0 Å². The summed E-state index contributed by atoms with van der Waals surface area (Å²) in [6.07, 6.45) is 8.12. The minimum Gasteiger partial charge on any atom is -0.366 e. The van der Waals surface area contributed by atoms with E-state index in [1.807, 2.05) is 6.07 Å². The molecule has 1 fully saturated rings. The Morgan fingerprint density at radius 3 is 2.54 bits per heavy atom. The van der Waals surface area contributed by atoms with Crippen molar-refractivity contribution in [2.75, 3.05) is 17.3 Å². The highest BCUT2D eigenvalue weighted by atomic mass is 16.1. The first-order chi connectivity index (χ1) is 11.6. The van der Waals surface area contributed by atoms with E-state index < -0.39 is 5.91 Å². The van der Waals surface area contributed by atoms with Crippen molar-refractivity contribution in [1.82, 2.24) is 9.97 Å². The van der Waals surface area contributed by atoms with Crippen molar-refractivity contribution in [2.45, 2.75) is 38.1 Å². The van der Waals surface area contributed by atoms with Gasteiger partial charge in [0.15, 0.2) is 0 Å². The summed E-state index contributed by atoms with van der Waals surface area (Å²) < 4.78 is 0. The number of hydrogen-bond donors (Lipinski definition) is 2. The first-order valence-electron chi connectivity index (χ1n) is 8.36. The van der Waals surface area contributed by atoms with Crippen LogP contribution >= 0.6 is 0 Å². The molecule has 1 aliphatic carbocycles. The second-order valence-corrected chi connectivity index (χ2v) is 6.21. The molecule has 0 saturated heterocycles. The average Bonchev–Trinajstić information content (AvgIpc) is 2.62. The Hall–Kier alpha value is -2.63. The predicted molar refractivity (Wildman–Crippen MR) is 95.6 cm³/mol. The molecule has 3 N–H and O–H groups in total. The van der Waals surface area contributed by atoms with Gasteiger partial charge < -0.3 is 16.0 Å². The maximum absolute atomic E-state index is 11.1. The summed E-state index contributed by atoms with van der Waals surface area (Å²) in [5, 5.41) is 3.17. The minimum atomic E-state index is -0.436. The standard InChI is InChI=1S/C18H23N5O/c1-23(15-5-3-2-4-6-15)16-11-12-20-18(22-16)21-14-9-7-13(8-10-14)17(19)24/h7-12,15H,2-6H2,1H3,(H2,19,24)(H,20,21,22). The van der Waals surface area contributed by atoms with Crippen LogP contribution in [0, 0.1) is 0 Å². The second kappa shape index (κ2) is 7.29. The molecule has 24 heavy (non-hydrogen) atoms. The van der Waals surface area contributed by atoms with Crippen LogP contribution in [0.1, 0.15) is 42.5 Å². The first-order valence-corrected chi connectivity index (χ1v) is 8.36. The van der Waals surface area contributed by atoms with Crippen LogP contribution in [-0.4, -0.2) is 29.0 Å². The zero-order chi connectivity index (χ0) is 16.9. The zero-order valence-electron chi connectivity index (χ0n) is 13.9. The van der Waals surface area contributed by atoms with Crippen LogP contribution in [0.2, 0.25) is 0 Å². The van der Waals surface area contributed by atoms with E-state index in [9.17, 15) is 4.79 Å². The van der Waals surface area contributed by atoms with Gasteiger partial charge in [0.25, 0.3) is 0 Å². The fourth-order valence-corrected chi connectivity index (χ4v) is 3.11. The monoisotopic (exact) mass is 325 g/mol. The highest BCUT2D eigenvalue weighted by molar-refractivity contribution is 5.93. The van der Waals surface area contributed by atoms with Crippen molar-refractivity contribution in [3.05, 3.63) is 42.1 Å². The van der Waals surface area contributed by atoms with Crippen molar-refractivity contribution in [3.63, 3.8) is 0 Å². The molecule has 0 aliphatic heterocycles. The van der Waals surface area contributed by atoms with Gasteiger partial charge in [-0.2, -0.15) is 4.98 Å². The summed E-state index contributed by atoms with van der Waals surface area (Å²) in [4.78, 5) is 22.3. The summed E-state index contributed by atoms with van der Waals surface area (Å²) >= 11 is 0. The molecule has 0 radical (unpaired) electrons. The van der Waals surface area contributed by atoms with Crippen molar-refractivity contribution < 1.29 is 4.79 Å². The van der Waals surface area contributed by atoms with Gasteiger partial charge in [-0.3, -0.25) is 4.79 Å². The van der Waals surface area contributed by atoms with Gasteiger partial charge in [-0.15, -0.1) is 0 Å². The fraction of sp³-hybridized carbons (Fsp3) is 0.389. The normalized spacial score (nSPS) is 15.0. The molecule has 0 bridgehead atoms. The molecule has 126 valence electrons. The molecule has 1 heterocycles. The number of aromatic nitrogens is 2. The fourth-order valence-electron chi connectivity index (χ4n) is 3.11. The molecular formula is C18H23N5O. The van der Waals surface area contributed by atoms with E-state index in [-0.39, 0.29) is 0 Å². The molecule has 6 heteroatoms. The van der Waals surface area contributed by atoms with Gasteiger partial charge in [-0.25, -0.2) is 4.98 Å². The topological polar surface area (TPSA) is 84.1 Å². The molecule has 3 rings (SSSR count). The third-order valence-corrected chi connectivity index (χ3v) is 4.55. The molecule has 2 aromatic rings. The number of carbonyl (C=O) groups excluding carboxylic acids is 1. The van der Waals surface area contributed by atoms with Crippen LogP contribution in [-0.2, 0) is 0 Å². The molecule has 1 saturated carbocycles. The summed E-state index contributed by atoms with van der Waals surface area (Å²) in [6.45, 7) is 0. The third-order valence-electron chi connectivity index (χ3n) is 4.55. The van der Waals surface area contributed by atoms with Crippen molar-refractivity contribution >= 4 is 23.4 Å². The average molecular weight is 325 g/mol. The molecule has 0 spiro atoms. The summed E-state index contributed by atoms with van der Waals surface area (Å²) in [5.74, 6) is 1.03. The van der Waals surface area contributed by atoms with Gasteiger partial charge in [0, 0.05) is 30.5 Å². The molecule has 1 amide bonds. The minimum absolute atomic E-state index is 0.436. The lowest BCUT2D eigenvalue weighted by Gasteiger charge is -2.32. The van der Waals surface area contributed by atoms with Crippen molar-refractivity contribution in [2.24, 2.45) is 5.73 Å². The Kier molecular flexibility index (Phi) is 4.93. The number of primary amides is 1. The SMILES string of the molecule is CN(c1ccnc(Nc2ccc(C(N)=O)cc2)n1)C1CCCCC1. The maximum Gasteiger partial charge on any atom is 0.248 e. The van der Waals surface area contributed by atoms with E-state index in [1.165, 1.54) is 32.1 Å². The Morgan fingerprint density at radius 2 is 1.88 bits per heavy atom. The maximum atomic E-state index is 11.1. The van der Waals surface area contributed by atoms with Crippen LogP contribution in [0.15, 0.2) is 36.5 Å².